The van der Waals surface area contributed by atoms with E-state index in [0.717, 1.165) is 6.92 Å². The van der Waals surface area contributed by atoms with Crippen molar-refractivity contribution < 1.29 is 13.5 Å². The van der Waals surface area contributed by atoms with Gasteiger partial charge in [-0.25, -0.2) is 0 Å². The Morgan fingerprint density at radius 2 is 2.33 bits per heavy atom. The van der Waals surface area contributed by atoms with Gasteiger partial charge in [-0.05, 0) is 12.2 Å². The van der Waals surface area contributed by atoms with E-state index in [-0.39, 0.29) is 11.7 Å². The van der Waals surface area contributed by atoms with Crippen molar-refractivity contribution in [1.82, 2.24) is 0 Å². The minimum atomic E-state index is -2.92. The zero-order chi connectivity index (χ0) is 9.19. The van der Waals surface area contributed by atoms with Crippen molar-refractivity contribution in [3.63, 3.8) is 0 Å². The Morgan fingerprint density at radius 3 is 2.83 bits per heavy atom. The third-order valence-corrected chi connectivity index (χ3v) is 1.59. The Kier molecular flexibility index (Phi) is 2.47. The Balaban J connectivity index is 2.74. The van der Waals surface area contributed by atoms with Crippen molar-refractivity contribution in [2.45, 2.75) is 12.8 Å². The van der Waals surface area contributed by atoms with Crippen molar-refractivity contribution in [1.29, 1.82) is 0 Å². The standard InChI is InChI=1S/C8H11F2NO/c1-8(9,10)7-4-6(5-11)2-3-12-7/h2-4,6H,5,11H2,1H3/t6-/m1/s1. The molecule has 0 spiro atoms. The average Bonchev–Trinajstić information content (AvgIpc) is 2.03. The molecular formula is C8H11F2NO. The third-order valence-electron chi connectivity index (χ3n) is 1.59. The number of alkyl halides is 2. The van der Waals surface area contributed by atoms with Crippen molar-refractivity contribution >= 4 is 0 Å². The molecule has 0 amide bonds. The SMILES string of the molecule is CC(F)(F)C1=C[C@H](CN)C=CO1. The highest BCUT2D eigenvalue weighted by molar-refractivity contribution is 5.14. The van der Waals surface area contributed by atoms with Gasteiger partial charge < -0.3 is 10.5 Å². The minimum Gasteiger partial charge on any atom is -0.464 e. The molecule has 0 aromatic carbocycles. The molecule has 1 aliphatic rings. The molecule has 0 aromatic heterocycles. The number of hydrogen-bond donors (Lipinski definition) is 1. The molecule has 0 aromatic rings. The molecule has 2 N–H and O–H groups in total. The van der Waals surface area contributed by atoms with Crippen LogP contribution in [0.5, 0.6) is 0 Å². The van der Waals surface area contributed by atoms with Gasteiger partial charge in [-0.3, -0.25) is 0 Å². The molecule has 2 nitrogen and oxygen atoms in total. The second-order valence-corrected chi connectivity index (χ2v) is 2.77. The fourth-order valence-electron chi connectivity index (χ4n) is 0.899. The largest absolute Gasteiger partial charge is 0.464 e. The summed E-state index contributed by atoms with van der Waals surface area (Å²) in [4.78, 5) is 0. The van der Waals surface area contributed by atoms with Crippen LogP contribution in [0.2, 0.25) is 0 Å². The molecule has 0 saturated carbocycles. The summed E-state index contributed by atoms with van der Waals surface area (Å²) in [5.41, 5.74) is 5.31. The van der Waals surface area contributed by atoms with E-state index in [9.17, 15) is 8.78 Å². The highest BCUT2D eigenvalue weighted by Crippen LogP contribution is 2.28. The quantitative estimate of drug-likeness (QED) is 0.692. The van der Waals surface area contributed by atoms with E-state index in [0.29, 0.717) is 6.54 Å². The second-order valence-electron chi connectivity index (χ2n) is 2.77. The molecule has 1 aliphatic heterocycles. The summed E-state index contributed by atoms with van der Waals surface area (Å²) in [5.74, 6) is -3.38. The van der Waals surface area contributed by atoms with E-state index < -0.39 is 5.92 Å². The summed E-state index contributed by atoms with van der Waals surface area (Å²) in [6.45, 7) is 1.12. The van der Waals surface area contributed by atoms with E-state index in [4.69, 9.17) is 5.73 Å². The van der Waals surface area contributed by atoms with E-state index in [1.54, 1.807) is 6.08 Å². The maximum absolute atomic E-state index is 12.6. The molecule has 1 rings (SSSR count). The molecule has 4 heteroatoms. The average molecular weight is 175 g/mol. The first-order valence-corrected chi connectivity index (χ1v) is 3.67. The number of nitrogens with two attached hydrogens (primary N) is 1. The van der Waals surface area contributed by atoms with E-state index >= 15 is 0 Å². The van der Waals surface area contributed by atoms with Crippen LogP contribution in [0.15, 0.2) is 24.2 Å². The summed E-state index contributed by atoms with van der Waals surface area (Å²) in [6, 6.07) is 0. The summed E-state index contributed by atoms with van der Waals surface area (Å²) < 4.78 is 29.9. The Hall–Kier alpha value is -0.900. The summed E-state index contributed by atoms with van der Waals surface area (Å²) >= 11 is 0. The van der Waals surface area contributed by atoms with Gasteiger partial charge in [-0.1, -0.05) is 0 Å². The van der Waals surface area contributed by atoms with Crippen LogP contribution in [0, 0.1) is 5.92 Å². The van der Waals surface area contributed by atoms with Crippen molar-refractivity contribution in [3.05, 3.63) is 24.2 Å². The van der Waals surface area contributed by atoms with Crippen LogP contribution in [-0.4, -0.2) is 12.5 Å². The predicted molar refractivity (Wildman–Crippen MR) is 41.5 cm³/mol. The van der Waals surface area contributed by atoms with Gasteiger partial charge in [0.05, 0.1) is 6.26 Å². The van der Waals surface area contributed by atoms with Gasteiger partial charge in [0.1, 0.15) is 0 Å². The van der Waals surface area contributed by atoms with E-state index in [1.807, 2.05) is 0 Å². The van der Waals surface area contributed by atoms with Crippen LogP contribution in [0.1, 0.15) is 6.92 Å². The highest BCUT2D eigenvalue weighted by Gasteiger charge is 2.30. The number of allylic oxidation sites excluding steroid dienone is 1. The Bertz CT molecular complexity index is 218. The zero-order valence-electron chi connectivity index (χ0n) is 6.76. The van der Waals surface area contributed by atoms with Gasteiger partial charge in [0.2, 0.25) is 0 Å². The molecular weight excluding hydrogens is 164 g/mol. The summed E-state index contributed by atoms with van der Waals surface area (Å²) in [7, 11) is 0. The third kappa shape index (κ3) is 2.04. The lowest BCUT2D eigenvalue weighted by molar-refractivity contribution is 0.0120. The molecule has 0 aliphatic carbocycles. The number of hydrogen-bond acceptors (Lipinski definition) is 2. The molecule has 0 fully saturated rings. The lowest BCUT2D eigenvalue weighted by Crippen LogP contribution is -2.21. The van der Waals surface area contributed by atoms with Crippen molar-refractivity contribution in [3.8, 4) is 0 Å². The van der Waals surface area contributed by atoms with Crippen LogP contribution < -0.4 is 5.73 Å². The molecule has 12 heavy (non-hydrogen) atoms. The summed E-state index contributed by atoms with van der Waals surface area (Å²) in [6.07, 6.45) is 4.25. The number of rotatable bonds is 2. The first kappa shape index (κ1) is 9.19. The van der Waals surface area contributed by atoms with Crippen LogP contribution in [0.3, 0.4) is 0 Å². The second kappa shape index (κ2) is 3.23. The molecule has 68 valence electrons. The van der Waals surface area contributed by atoms with E-state index in [1.165, 1.54) is 12.3 Å². The molecule has 0 radical (unpaired) electrons. The maximum atomic E-state index is 12.6. The molecule has 1 heterocycles. The van der Waals surface area contributed by atoms with Crippen LogP contribution in [0.4, 0.5) is 8.78 Å². The number of ether oxygens (including phenoxy) is 1. The van der Waals surface area contributed by atoms with E-state index in [2.05, 4.69) is 4.74 Å². The highest BCUT2D eigenvalue weighted by atomic mass is 19.3. The fourth-order valence-corrected chi connectivity index (χ4v) is 0.899. The normalized spacial score (nSPS) is 23.3. The van der Waals surface area contributed by atoms with Crippen molar-refractivity contribution in [2.75, 3.05) is 6.54 Å². The first-order valence-electron chi connectivity index (χ1n) is 3.67. The van der Waals surface area contributed by atoms with Crippen LogP contribution >= 0.6 is 0 Å². The summed E-state index contributed by atoms with van der Waals surface area (Å²) in [5, 5.41) is 0. The number of halogens is 2. The Labute approximate surface area is 69.7 Å². The lowest BCUT2D eigenvalue weighted by atomic mass is 10.1. The molecule has 0 saturated heterocycles. The van der Waals surface area contributed by atoms with Crippen LogP contribution in [-0.2, 0) is 4.74 Å². The molecule has 1 atom stereocenters. The maximum Gasteiger partial charge on any atom is 0.301 e. The van der Waals surface area contributed by atoms with Crippen LogP contribution in [0.25, 0.3) is 0 Å². The Morgan fingerprint density at radius 1 is 1.67 bits per heavy atom. The van der Waals surface area contributed by atoms with Gasteiger partial charge in [0.25, 0.3) is 0 Å². The molecule has 0 unspecified atom stereocenters. The predicted octanol–water partition coefficient (Wildman–Crippen LogP) is 1.64. The van der Waals surface area contributed by atoms with Gasteiger partial charge in [-0.2, -0.15) is 8.78 Å². The van der Waals surface area contributed by atoms with Gasteiger partial charge >= 0.3 is 5.92 Å². The smallest absolute Gasteiger partial charge is 0.301 e. The first-order chi connectivity index (χ1) is 5.54. The minimum absolute atomic E-state index is 0.139. The van der Waals surface area contributed by atoms with Crippen molar-refractivity contribution in [2.24, 2.45) is 11.7 Å². The fraction of sp³-hybridized carbons (Fsp3) is 0.500. The zero-order valence-corrected chi connectivity index (χ0v) is 6.76. The van der Waals surface area contributed by atoms with Gasteiger partial charge in [0, 0.05) is 19.4 Å². The monoisotopic (exact) mass is 175 g/mol. The topological polar surface area (TPSA) is 35.2 Å². The molecule has 0 bridgehead atoms. The van der Waals surface area contributed by atoms with Gasteiger partial charge in [0.15, 0.2) is 5.76 Å². The lowest BCUT2D eigenvalue weighted by Gasteiger charge is -2.19. The van der Waals surface area contributed by atoms with Gasteiger partial charge in [-0.15, -0.1) is 0 Å².